The summed E-state index contributed by atoms with van der Waals surface area (Å²) in [7, 11) is 3.10. The van der Waals surface area contributed by atoms with Crippen LogP contribution in [0.1, 0.15) is 5.69 Å². The zero-order valence-corrected chi connectivity index (χ0v) is 9.45. The number of ether oxygens (including phenoxy) is 1. The highest BCUT2D eigenvalue weighted by Crippen LogP contribution is 2.29. The summed E-state index contributed by atoms with van der Waals surface area (Å²) in [4.78, 5) is 8.40. The van der Waals surface area contributed by atoms with Gasteiger partial charge in [-0.05, 0) is 0 Å². The monoisotopic (exact) mass is 250 g/mol. The van der Waals surface area contributed by atoms with Crippen molar-refractivity contribution < 1.29 is 17.9 Å². The molecule has 2 N–H and O–H groups in total. The Bertz CT molecular complexity index is 383. The zero-order chi connectivity index (χ0) is 13.1. The summed E-state index contributed by atoms with van der Waals surface area (Å²) in [6, 6.07) is 0.853. The molecule has 1 aromatic rings. The molecule has 0 saturated carbocycles. The van der Waals surface area contributed by atoms with E-state index >= 15 is 0 Å². The normalized spacial score (nSPS) is 11.6. The first-order valence-electron chi connectivity index (χ1n) is 4.76. The maximum atomic E-state index is 12.5. The van der Waals surface area contributed by atoms with Gasteiger partial charge in [-0.1, -0.05) is 0 Å². The maximum Gasteiger partial charge on any atom is 0.433 e. The van der Waals surface area contributed by atoms with Crippen molar-refractivity contribution in [3.8, 4) is 0 Å². The molecule has 0 radical (unpaired) electrons. The molecule has 0 fully saturated rings. The predicted molar refractivity (Wildman–Crippen MR) is 56.6 cm³/mol. The number of methoxy groups -OCH3 is 1. The Hall–Kier alpha value is -1.57. The molecule has 17 heavy (non-hydrogen) atoms. The summed E-state index contributed by atoms with van der Waals surface area (Å²) in [5, 5.41) is 0. The topological polar surface area (TPSA) is 64.3 Å². The van der Waals surface area contributed by atoms with Crippen molar-refractivity contribution in [1.29, 1.82) is 0 Å². The largest absolute Gasteiger partial charge is 0.433 e. The Morgan fingerprint density at radius 2 is 2.06 bits per heavy atom. The number of alkyl halides is 3. The third-order valence-corrected chi connectivity index (χ3v) is 2.04. The van der Waals surface area contributed by atoms with Crippen molar-refractivity contribution in [1.82, 2.24) is 9.97 Å². The maximum absolute atomic E-state index is 12.5. The van der Waals surface area contributed by atoms with Gasteiger partial charge in [0.15, 0.2) is 5.69 Å². The number of halogens is 3. The molecule has 0 saturated heterocycles. The second-order valence-corrected chi connectivity index (χ2v) is 3.38. The van der Waals surface area contributed by atoms with Gasteiger partial charge < -0.3 is 15.4 Å². The number of nitrogens with two attached hydrogens (primary N) is 1. The molecule has 5 nitrogen and oxygen atoms in total. The van der Waals surface area contributed by atoms with Crippen LogP contribution in [0, 0.1) is 0 Å². The second-order valence-electron chi connectivity index (χ2n) is 3.38. The first-order chi connectivity index (χ1) is 7.84. The van der Waals surface area contributed by atoms with Crippen LogP contribution in [-0.2, 0) is 10.9 Å². The van der Waals surface area contributed by atoms with Crippen molar-refractivity contribution in [3.63, 3.8) is 0 Å². The minimum atomic E-state index is -4.53. The van der Waals surface area contributed by atoms with Crippen LogP contribution in [0.15, 0.2) is 6.07 Å². The number of hydrogen-bond donors (Lipinski definition) is 1. The van der Waals surface area contributed by atoms with Crippen LogP contribution < -0.4 is 10.6 Å². The summed E-state index contributed by atoms with van der Waals surface area (Å²) in [6.45, 7) is 0.784. The number of nitrogens with zero attached hydrogens (tertiary/aromatic N) is 3. The van der Waals surface area contributed by atoms with Gasteiger partial charge in [-0.2, -0.15) is 18.2 Å². The van der Waals surface area contributed by atoms with Crippen LogP contribution in [-0.4, -0.2) is 37.3 Å². The van der Waals surface area contributed by atoms with Gasteiger partial charge in [0.25, 0.3) is 0 Å². The molecule has 0 aliphatic carbocycles. The molecule has 0 unspecified atom stereocenters. The number of hydrogen-bond acceptors (Lipinski definition) is 5. The summed E-state index contributed by atoms with van der Waals surface area (Å²) in [5.74, 6) is -0.291. The van der Waals surface area contributed by atoms with E-state index in [1.54, 1.807) is 7.05 Å². The van der Waals surface area contributed by atoms with Crippen molar-refractivity contribution in [2.75, 3.05) is 37.9 Å². The molecule has 0 amide bonds. The summed E-state index contributed by atoms with van der Waals surface area (Å²) in [6.07, 6.45) is -4.53. The lowest BCUT2D eigenvalue weighted by atomic mass is 10.3. The van der Waals surface area contributed by atoms with Gasteiger partial charge in [0.1, 0.15) is 5.82 Å². The molecular formula is C9H13F3N4O. The SMILES string of the molecule is COCCN(C)c1cc(C(F)(F)F)nc(N)n1. The van der Waals surface area contributed by atoms with Gasteiger partial charge in [-0.15, -0.1) is 0 Å². The van der Waals surface area contributed by atoms with E-state index < -0.39 is 17.8 Å². The Kier molecular flexibility index (Phi) is 4.11. The molecule has 0 atom stereocenters. The summed E-state index contributed by atoms with van der Waals surface area (Å²) in [5.41, 5.74) is 4.19. The van der Waals surface area contributed by atoms with Crippen LogP contribution >= 0.6 is 0 Å². The fourth-order valence-corrected chi connectivity index (χ4v) is 1.14. The highest BCUT2D eigenvalue weighted by atomic mass is 19.4. The Balaban J connectivity index is 2.97. The molecule has 8 heteroatoms. The smallest absolute Gasteiger partial charge is 0.383 e. The summed E-state index contributed by atoms with van der Waals surface area (Å²) >= 11 is 0. The lowest BCUT2D eigenvalue weighted by Gasteiger charge is -2.18. The number of aromatic nitrogens is 2. The molecule has 1 rings (SSSR count). The second kappa shape index (κ2) is 5.17. The molecule has 0 aliphatic rings. The number of nitrogen functional groups attached to an aromatic ring is 1. The molecule has 1 aromatic heterocycles. The van der Waals surface area contributed by atoms with Crippen molar-refractivity contribution in [2.45, 2.75) is 6.18 Å². The highest BCUT2D eigenvalue weighted by molar-refractivity contribution is 5.43. The first-order valence-corrected chi connectivity index (χ1v) is 4.76. The van der Waals surface area contributed by atoms with Crippen molar-refractivity contribution in [3.05, 3.63) is 11.8 Å². The minimum Gasteiger partial charge on any atom is -0.383 e. The average molecular weight is 250 g/mol. The third-order valence-electron chi connectivity index (χ3n) is 2.04. The van der Waals surface area contributed by atoms with Crippen LogP contribution in [0.25, 0.3) is 0 Å². The third kappa shape index (κ3) is 3.74. The molecule has 0 spiro atoms. The van der Waals surface area contributed by atoms with E-state index in [-0.39, 0.29) is 5.82 Å². The van der Waals surface area contributed by atoms with Crippen molar-refractivity contribution >= 4 is 11.8 Å². The average Bonchev–Trinajstić information content (AvgIpc) is 2.23. The van der Waals surface area contributed by atoms with Gasteiger partial charge in [0.05, 0.1) is 6.61 Å². The first kappa shape index (κ1) is 13.5. The fourth-order valence-electron chi connectivity index (χ4n) is 1.14. The van der Waals surface area contributed by atoms with E-state index in [9.17, 15) is 13.2 Å². The van der Waals surface area contributed by atoms with Crippen LogP contribution in [0.3, 0.4) is 0 Å². The van der Waals surface area contributed by atoms with Gasteiger partial charge in [0, 0.05) is 26.8 Å². The Morgan fingerprint density at radius 3 is 2.59 bits per heavy atom. The quantitative estimate of drug-likeness (QED) is 0.868. The van der Waals surface area contributed by atoms with Gasteiger partial charge >= 0.3 is 6.18 Å². The van der Waals surface area contributed by atoms with E-state index in [1.807, 2.05) is 0 Å². The molecule has 96 valence electrons. The molecule has 0 aromatic carbocycles. The van der Waals surface area contributed by atoms with E-state index in [4.69, 9.17) is 10.5 Å². The van der Waals surface area contributed by atoms with Gasteiger partial charge in [-0.25, -0.2) is 4.98 Å². The van der Waals surface area contributed by atoms with Crippen LogP contribution in [0.5, 0.6) is 0 Å². The van der Waals surface area contributed by atoms with E-state index in [2.05, 4.69) is 9.97 Å². The standard InChI is InChI=1S/C9H13F3N4O/c1-16(3-4-17-2)7-5-6(9(10,11)12)14-8(13)15-7/h5H,3-4H2,1-2H3,(H2,13,14,15). The lowest BCUT2D eigenvalue weighted by Crippen LogP contribution is -2.24. The molecule has 1 heterocycles. The van der Waals surface area contributed by atoms with Crippen LogP contribution in [0.4, 0.5) is 24.9 Å². The van der Waals surface area contributed by atoms with E-state index in [1.165, 1.54) is 12.0 Å². The minimum absolute atomic E-state index is 0.113. The van der Waals surface area contributed by atoms with Crippen molar-refractivity contribution in [2.24, 2.45) is 0 Å². The van der Waals surface area contributed by atoms with Gasteiger partial charge in [-0.3, -0.25) is 0 Å². The molecule has 0 aliphatic heterocycles. The molecular weight excluding hydrogens is 237 g/mol. The number of rotatable bonds is 4. The lowest BCUT2D eigenvalue weighted by molar-refractivity contribution is -0.141. The number of likely N-dealkylation sites (N-methyl/N-ethyl adjacent to an activating group) is 1. The van der Waals surface area contributed by atoms with E-state index in [0.29, 0.717) is 13.2 Å². The van der Waals surface area contributed by atoms with E-state index in [0.717, 1.165) is 6.07 Å². The van der Waals surface area contributed by atoms with Crippen LogP contribution in [0.2, 0.25) is 0 Å². The van der Waals surface area contributed by atoms with Gasteiger partial charge in [0.2, 0.25) is 5.95 Å². The predicted octanol–water partition coefficient (Wildman–Crippen LogP) is 1.16. The molecule has 0 bridgehead atoms. The fraction of sp³-hybridized carbons (Fsp3) is 0.556. The highest BCUT2D eigenvalue weighted by Gasteiger charge is 2.33. The number of anilines is 2. The Morgan fingerprint density at radius 1 is 1.41 bits per heavy atom. The Labute approximate surface area is 96.4 Å². The zero-order valence-electron chi connectivity index (χ0n) is 9.45. The summed E-state index contributed by atoms with van der Waals surface area (Å²) < 4.78 is 42.2.